The van der Waals surface area contributed by atoms with E-state index in [2.05, 4.69) is 17.2 Å². The van der Waals surface area contributed by atoms with Gasteiger partial charge in [-0.05, 0) is 5.92 Å². The maximum atomic E-state index is 11.5. The number of halogens is 1. The van der Waals surface area contributed by atoms with E-state index in [1.165, 1.54) is 0 Å². The molecule has 0 fully saturated rings. The van der Waals surface area contributed by atoms with Crippen molar-refractivity contribution in [2.24, 2.45) is 11.7 Å². The Labute approximate surface area is 94.0 Å². The Bertz CT molecular complexity index is 266. The maximum Gasteiger partial charge on any atom is 0.312 e. The molecule has 6 heteroatoms. The van der Waals surface area contributed by atoms with Gasteiger partial charge >= 0.3 is 6.03 Å². The number of urea groups is 1. The van der Waals surface area contributed by atoms with Crippen LogP contribution in [0.3, 0.4) is 0 Å². The van der Waals surface area contributed by atoms with Gasteiger partial charge in [-0.25, -0.2) is 4.79 Å². The molecule has 0 radical (unpaired) electrons. The van der Waals surface area contributed by atoms with Crippen molar-refractivity contribution in [2.75, 3.05) is 6.54 Å². The van der Waals surface area contributed by atoms with Gasteiger partial charge < -0.3 is 16.4 Å². The van der Waals surface area contributed by atoms with Crippen LogP contribution in [0.2, 0.25) is 0 Å². The number of hydrogen-bond acceptors (Lipinski definition) is 2. The standard InChI is InChI=1S/C9H16ClN3O2/c1-5(2)7(13-9(11)15)8(14)12-4-6(3)10/h5,7H,3-4H2,1-2H3,(H,12,14)(H3,11,13,15). The Kier molecular flexibility index (Phi) is 5.77. The second kappa shape index (κ2) is 6.29. The minimum atomic E-state index is -0.728. The number of carbonyl (C=O) groups excluding carboxylic acids is 2. The van der Waals surface area contributed by atoms with Crippen molar-refractivity contribution in [2.45, 2.75) is 19.9 Å². The maximum absolute atomic E-state index is 11.5. The first-order valence-corrected chi connectivity index (χ1v) is 4.89. The number of primary amides is 1. The predicted octanol–water partition coefficient (Wildman–Crippen LogP) is 0.548. The molecule has 0 aromatic rings. The van der Waals surface area contributed by atoms with Crippen LogP contribution in [0.25, 0.3) is 0 Å². The van der Waals surface area contributed by atoms with Crippen LogP contribution in [0.15, 0.2) is 11.6 Å². The molecule has 0 aromatic heterocycles. The third-order valence-corrected chi connectivity index (χ3v) is 1.83. The Morgan fingerprint density at radius 3 is 2.33 bits per heavy atom. The van der Waals surface area contributed by atoms with Gasteiger partial charge in [0.15, 0.2) is 0 Å². The molecule has 1 atom stereocenters. The zero-order valence-electron chi connectivity index (χ0n) is 8.84. The first-order valence-electron chi connectivity index (χ1n) is 4.51. The lowest BCUT2D eigenvalue weighted by molar-refractivity contribution is -0.123. The molecular weight excluding hydrogens is 218 g/mol. The Morgan fingerprint density at radius 1 is 1.47 bits per heavy atom. The minimum absolute atomic E-state index is 0.0545. The molecule has 0 saturated carbocycles. The molecule has 1 unspecified atom stereocenters. The van der Waals surface area contributed by atoms with Crippen molar-refractivity contribution in [3.05, 3.63) is 11.6 Å². The molecule has 0 spiro atoms. The monoisotopic (exact) mass is 233 g/mol. The molecule has 86 valence electrons. The molecule has 15 heavy (non-hydrogen) atoms. The van der Waals surface area contributed by atoms with E-state index in [0.29, 0.717) is 5.03 Å². The van der Waals surface area contributed by atoms with Crippen molar-refractivity contribution >= 4 is 23.5 Å². The lowest BCUT2D eigenvalue weighted by atomic mass is 10.0. The smallest absolute Gasteiger partial charge is 0.312 e. The summed E-state index contributed by atoms with van der Waals surface area (Å²) in [5.74, 6) is -0.383. The number of carbonyl (C=O) groups is 2. The highest BCUT2D eigenvalue weighted by atomic mass is 35.5. The summed E-state index contributed by atoms with van der Waals surface area (Å²) >= 11 is 5.49. The highest BCUT2D eigenvalue weighted by molar-refractivity contribution is 6.29. The molecule has 0 aromatic carbocycles. The van der Waals surface area contributed by atoms with Crippen molar-refractivity contribution in [1.29, 1.82) is 0 Å². The number of amides is 3. The van der Waals surface area contributed by atoms with E-state index in [-0.39, 0.29) is 18.4 Å². The largest absolute Gasteiger partial charge is 0.352 e. The molecule has 0 bridgehead atoms. The van der Waals surface area contributed by atoms with E-state index in [4.69, 9.17) is 17.3 Å². The van der Waals surface area contributed by atoms with Crippen molar-refractivity contribution < 1.29 is 9.59 Å². The van der Waals surface area contributed by atoms with Crippen molar-refractivity contribution in [1.82, 2.24) is 10.6 Å². The number of hydrogen-bond donors (Lipinski definition) is 3. The third-order valence-electron chi connectivity index (χ3n) is 1.70. The van der Waals surface area contributed by atoms with Gasteiger partial charge in [-0.1, -0.05) is 32.0 Å². The highest BCUT2D eigenvalue weighted by Gasteiger charge is 2.22. The predicted molar refractivity (Wildman–Crippen MR) is 59.3 cm³/mol. The average molecular weight is 234 g/mol. The summed E-state index contributed by atoms with van der Waals surface area (Å²) in [7, 11) is 0. The van der Waals surface area contributed by atoms with Gasteiger partial charge in [0.25, 0.3) is 0 Å². The molecule has 0 aliphatic rings. The van der Waals surface area contributed by atoms with Crippen LogP contribution in [0, 0.1) is 5.92 Å². The van der Waals surface area contributed by atoms with Crippen LogP contribution in [0.5, 0.6) is 0 Å². The second-order valence-electron chi connectivity index (χ2n) is 3.47. The summed E-state index contributed by atoms with van der Waals surface area (Å²) in [6.07, 6.45) is 0. The molecule has 5 nitrogen and oxygen atoms in total. The Balaban J connectivity index is 4.29. The molecule has 0 rings (SSSR count). The van der Waals surface area contributed by atoms with Gasteiger partial charge in [-0.15, -0.1) is 0 Å². The van der Waals surface area contributed by atoms with E-state index in [1.54, 1.807) is 13.8 Å². The van der Waals surface area contributed by atoms with E-state index in [9.17, 15) is 9.59 Å². The molecule has 0 heterocycles. The van der Waals surface area contributed by atoms with Crippen LogP contribution >= 0.6 is 11.6 Å². The quantitative estimate of drug-likeness (QED) is 0.648. The van der Waals surface area contributed by atoms with Crippen LogP contribution in [0.4, 0.5) is 4.79 Å². The van der Waals surface area contributed by atoms with Gasteiger partial charge in [0.2, 0.25) is 5.91 Å². The fourth-order valence-electron chi connectivity index (χ4n) is 0.981. The van der Waals surface area contributed by atoms with Crippen molar-refractivity contribution in [3.8, 4) is 0 Å². The van der Waals surface area contributed by atoms with Gasteiger partial charge in [0.05, 0.1) is 6.54 Å². The van der Waals surface area contributed by atoms with E-state index < -0.39 is 12.1 Å². The Hall–Kier alpha value is -1.23. The number of nitrogens with two attached hydrogens (primary N) is 1. The summed E-state index contributed by atoms with van der Waals surface area (Å²) < 4.78 is 0. The van der Waals surface area contributed by atoms with Gasteiger partial charge in [0, 0.05) is 5.03 Å². The molecule has 4 N–H and O–H groups in total. The SMILES string of the molecule is C=C(Cl)CNC(=O)C(NC(N)=O)C(C)C. The first kappa shape index (κ1) is 13.8. The normalized spacial score (nSPS) is 12.0. The Morgan fingerprint density at radius 2 is 2.00 bits per heavy atom. The third kappa shape index (κ3) is 5.96. The lowest BCUT2D eigenvalue weighted by Crippen LogP contribution is -2.51. The van der Waals surface area contributed by atoms with E-state index in [0.717, 1.165) is 0 Å². The highest BCUT2D eigenvalue weighted by Crippen LogP contribution is 2.02. The molecule has 0 aliphatic heterocycles. The molecular formula is C9H16ClN3O2. The van der Waals surface area contributed by atoms with E-state index >= 15 is 0 Å². The van der Waals surface area contributed by atoms with Crippen LogP contribution in [-0.4, -0.2) is 24.5 Å². The number of rotatable bonds is 5. The minimum Gasteiger partial charge on any atom is -0.352 e. The molecule has 0 aliphatic carbocycles. The molecule has 3 amide bonds. The van der Waals surface area contributed by atoms with Crippen LogP contribution in [-0.2, 0) is 4.79 Å². The lowest BCUT2D eigenvalue weighted by Gasteiger charge is -2.20. The topological polar surface area (TPSA) is 84.2 Å². The second-order valence-corrected chi connectivity index (χ2v) is 4.00. The fraction of sp³-hybridized carbons (Fsp3) is 0.556. The van der Waals surface area contributed by atoms with Gasteiger partial charge in [-0.3, -0.25) is 4.79 Å². The zero-order valence-corrected chi connectivity index (χ0v) is 9.60. The summed E-state index contributed by atoms with van der Waals surface area (Å²) in [4.78, 5) is 22.2. The van der Waals surface area contributed by atoms with Gasteiger partial charge in [-0.2, -0.15) is 0 Å². The zero-order chi connectivity index (χ0) is 12.0. The van der Waals surface area contributed by atoms with E-state index in [1.807, 2.05) is 0 Å². The average Bonchev–Trinajstić information content (AvgIpc) is 2.09. The first-order chi connectivity index (χ1) is 6.84. The summed E-state index contributed by atoms with van der Waals surface area (Å²) in [6, 6.07) is -1.38. The summed E-state index contributed by atoms with van der Waals surface area (Å²) in [5, 5.41) is 5.21. The summed E-state index contributed by atoms with van der Waals surface area (Å²) in [5.41, 5.74) is 4.95. The summed E-state index contributed by atoms with van der Waals surface area (Å²) in [6.45, 7) is 7.20. The van der Waals surface area contributed by atoms with Crippen LogP contribution < -0.4 is 16.4 Å². The molecule has 0 saturated heterocycles. The number of nitrogens with one attached hydrogen (secondary N) is 2. The van der Waals surface area contributed by atoms with Crippen LogP contribution in [0.1, 0.15) is 13.8 Å². The van der Waals surface area contributed by atoms with Gasteiger partial charge in [0.1, 0.15) is 6.04 Å². The van der Waals surface area contributed by atoms with Crippen molar-refractivity contribution in [3.63, 3.8) is 0 Å². The fourth-order valence-corrected chi connectivity index (χ4v) is 1.05.